The largest absolute Gasteiger partial charge is 0.497 e. The number of hydrogen-bond acceptors (Lipinski definition) is 3. The van der Waals surface area contributed by atoms with Crippen molar-refractivity contribution in [1.82, 2.24) is 0 Å². The zero-order valence-corrected chi connectivity index (χ0v) is 11.6. The average Bonchev–Trinajstić information content (AvgIpc) is 2.33. The Morgan fingerprint density at radius 2 is 1.83 bits per heavy atom. The summed E-state index contributed by atoms with van der Waals surface area (Å²) in [6.45, 7) is 6.75. The molecule has 0 spiro atoms. The van der Waals surface area contributed by atoms with E-state index in [0.29, 0.717) is 13.0 Å². The molecule has 0 N–H and O–H groups in total. The van der Waals surface area contributed by atoms with Gasteiger partial charge in [-0.05, 0) is 23.1 Å². The van der Waals surface area contributed by atoms with Crippen LogP contribution < -0.4 is 4.74 Å². The van der Waals surface area contributed by atoms with E-state index in [-0.39, 0.29) is 11.5 Å². The second-order valence-electron chi connectivity index (χ2n) is 5.42. The summed E-state index contributed by atoms with van der Waals surface area (Å²) in [5.74, 6) is 0.832. The molecular weight excluding hydrogens is 228 g/mol. The Balaban J connectivity index is 2.58. The van der Waals surface area contributed by atoms with Gasteiger partial charge in [-0.1, -0.05) is 32.9 Å². The lowest BCUT2D eigenvalue weighted by Crippen LogP contribution is -2.29. The van der Waals surface area contributed by atoms with E-state index >= 15 is 0 Å². The summed E-state index contributed by atoms with van der Waals surface area (Å²) in [6.07, 6.45) is 1.29. The SMILES string of the molecule is COc1ccc(CO[C@@H](CC=O)C(C)(C)C)cc1. The molecule has 1 rings (SSSR count). The molecule has 1 atom stereocenters. The molecule has 0 unspecified atom stereocenters. The lowest BCUT2D eigenvalue weighted by molar-refractivity contribution is -0.113. The van der Waals surface area contributed by atoms with E-state index in [1.165, 1.54) is 0 Å². The van der Waals surface area contributed by atoms with Crippen LogP contribution in [0.15, 0.2) is 24.3 Å². The first-order valence-electron chi connectivity index (χ1n) is 6.15. The number of aldehydes is 1. The van der Waals surface area contributed by atoms with E-state index in [4.69, 9.17) is 9.47 Å². The summed E-state index contributed by atoms with van der Waals surface area (Å²) in [5.41, 5.74) is 1.05. The average molecular weight is 250 g/mol. The molecule has 0 aromatic heterocycles. The Labute approximate surface area is 109 Å². The Morgan fingerprint density at radius 3 is 2.28 bits per heavy atom. The number of carbonyl (C=O) groups is 1. The molecule has 3 nitrogen and oxygen atoms in total. The number of hydrogen-bond donors (Lipinski definition) is 0. The quantitative estimate of drug-likeness (QED) is 0.727. The lowest BCUT2D eigenvalue weighted by Gasteiger charge is -2.29. The van der Waals surface area contributed by atoms with Gasteiger partial charge in [0, 0.05) is 6.42 Å². The zero-order valence-electron chi connectivity index (χ0n) is 11.6. The van der Waals surface area contributed by atoms with Crippen LogP contribution in [0.5, 0.6) is 5.75 Å². The van der Waals surface area contributed by atoms with Crippen molar-refractivity contribution in [2.24, 2.45) is 5.41 Å². The number of carbonyl (C=O) groups excluding carboxylic acids is 1. The van der Waals surface area contributed by atoms with Crippen LogP contribution >= 0.6 is 0 Å². The van der Waals surface area contributed by atoms with E-state index < -0.39 is 0 Å². The van der Waals surface area contributed by atoms with Crippen LogP contribution in [-0.4, -0.2) is 19.5 Å². The highest BCUT2D eigenvalue weighted by atomic mass is 16.5. The molecule has 0 fully saturated rings. The third-order valence-corrected chi connectivity index (χ3v) is 2.89. The fraction of sp³-hybridized carbons (Fsp3) is 0.533. The molecule has 0 aliphatic rings. The van der Waals surface area contributed by atoms with Crippen LogP contribution in [0.3, 0.4) is 0 Å². The topological polar surface area (TPSA) is 35.5 Å². The van der Waals surface area contributed by atoms with Gasteiger partial charge in [0.05, 0.1) is 19.8 Å². The first-order chi connectivity index (χ1) is 8.47. The van der Waals surface area contributed by atoms with Crippen molar-refractivity contribution < 1.29 is 14.3 Å². The molecule has 0 aliphatic heterocycles. The Morgan fingerprint density at radius 1 is 1.22 bits per heavy atom. The Kier molecular flexibility index (Phi) is 5.35. The van der Waals surface area contributed by atoms with Gasteiger partial charge in [-0.2, -0.15) is 0 Å². The third-order valence-electron chi connectivity index (χ3n) is 2.89. The van der Waals surface area contributed by atoms with Crippen molar-refractivity contribution in [3.63, 3.8) is 0 Å². The van der Waals surface area contributed by atoms with Crippen molar-refractivity contribution in [3.8, 4) is 5.75 Å². The van der Waals surface area contributed by atoms with Crippen LogP contribution in [-0.2, 0) is 16.1 Å². The van der Waals surface area contributed by atoms with Crippen LogP contribution in [0.4, 0.5) is 0 Å². The molecular formula is C15H22O3. The zero-order chi connectivity index (χ0) is 13.6. The summed E-state index contributed by atoms with van der Waals surface area (Å²) >= 11 is 0. The Bertz CT molecular complexity index is 362. The fourth-order valence-corrected chi connectivity index (χ4v) is 1.68. The van der Waals surface area contributed by atoms with Gasteiger partial charge in [0.15, 0.2) is 0 Å². The van der Waals surface area contributed by atoms with E-state index in [2.05, 4.69) is 20.8 Å². The summed E-state index contributed by atoms with van der Waals surface area (Å²) in [5, 5.41) is 0. The maximum absolute atomic E-state index is 10.7. The number of benzene rings is 1. The van der Waals surface area contributed by atoms with Gasteiger partial charge in [0.2, 0.25) is 0 Å². The molecule has 0 heterocycles. The van der Waals surface area contributed by atoms with Crippen LogP contribution in [0.1, 0.15) is 32.8 Å². The minimum Gasteiger partial charge on any atom is -0.497 e. The summed E-state index contributed by atoms with van der Waals surface area (Å²) < 4.78 is 10.9. The molecule has 0 aliphatic carbocycles. The van der Waals surface area contributed by atoms with Gasteiger partial charge >= 0.3 is 0 Å². The van der Waals surface area contributed by atoms with Gasteiger partial charge in [-0.3, -0.25) is 0 Å². The van der Waals surface area contributed by atoms with Gasteiger partial charge in [0.25, 0.3) is 0 Å². The highest BCUT2D eigenvalue weighted by Gasteiger charge is 2.24. The molecule has 3 heteroatoms. The van der Waals surface area contributed by atoms with Gasteiger partial charge in [0.1, 0.15) is 12.0 Å². The molecule has 0 radical (unpaired) electrons. The van der Waals surface area contributed by atoms with Crippen LogP contribution in [0, 0.1) is 5.41 Å². The smallest absolute Gasteiger partial charge is 0.122 e. The first kappa shape index (κ1) is 14.7. The number of rotatable bonds is 6. The fourth-order valence-electron chi connectivity index (χ4n) is 1.68. The molecule has 0 bridgehead atoms. The van der Waals surface area contributed by atoms with Gasteiger partial charge < -0.3 is 14.3 Å². The predicted molar refractivity (Wildman–Crippen MR) is 71.7 cm³/mol. The summed E-state index contributed by atoms with van der Waals surface area (Å²) in [6, 6.07) is 7.76. The van der Waals surface area contributed by atoms with E-state index in [0.717, 1.165) is 17.6 Å². The van der Waals surface area contributed by atoms with Gasteiger partial charge in [-0.25, -0.2) is 0 Å². The molecule has 1 aromatic rings. The molecule has 1 aromatic carbocycles. The van der Waals surface area contributed by atoms with E-state index in [1.807, 2.05) is 24.3 Å². The molecule has 0 saturated heterocycles. The first-order valence-corrected chi connectivity index (χ1v) is 6.15. The standard InChI is InChI=1S/C15H22O3/c1-15(2,3)14(9-10-16)18-11-12-5-7-13(17-4)8-6-12/h5-8,10,14H,9,11H2,1-4H3/t14-/m0/s1. The summed E-state index contributed by atoms with van der Waals surface area (Å²) in [4.78, 5) is 10.7. The van der Waals surface area contributed by atoms with E-state index in [1.54, 1.807) is 7.11 Å². The lowest BCUT2D eigenvalue weighted by atomic mass is 9.87. The molecule has 0 saturated carbocycles. The molecule has 100 valence electrons. The molecule has 18 heavy (non-hydrogen) atoms. The van der Waals surface area contributed by atoms with Crippen molar-refractivity contribution in [2.75, 3.05) is 7.11 Å². The predicted octanol–water partition coefficient (Wildman–Crippen LogP) is 3.22. The van der Waals surface area contributed by atoms with Crippen molar-refractivity contribution in [2.45, 2.75) is 39.9 Å². The van der Waals surface area contributed by atoms with Crippen LogP contribution in [0.25, 0.3) is 0 Å². The highest BCUT2D eigenvalue weighted by Crippen LogP contribution is 2.25. The second kappa shape index (κ2) is 6.55. The van der Waals surface area contributed by atoms with E-state index in [9.17, 15) is 4.79 Å². The van der Waals surface area contributed by atoms with Crippen molar-refractivity contribution >= 4 is 6.29 Å². The second-order valence-corrected chi connectivity index (χ2v) is 5.42. The van der Waals surface area contributed by atoms with Crippen molar-refractivity contribution in [1.29, 1.82) is 0 Å². The van der Waals surface area contributed by atoms with Crippen LogP contribution in [0.2, 0.25) is 0 Å². The third kappa shape index (κ3) is 4.49. The number of methoxy groups -OCH3 is 1. The van der Waals surface area contributed by atoms with Crippen molar-refractivity contribution in [3.05, 3.63) is 29.8 Å². The highest BCUT2D eigenvalue weighted by molar-refractivity contribution is 5.50. The maximum atomic E-state index is 10.7. The number of ether oxygens (including phenoxy) is 2. The minimum atomic E-state index is -0.0582. The molecule has 0 amide bonds. The normalized spacial score (nSPS) is 13.1. The maximum Gasteiger partial charge on any atom is 0.122 e. The van der Waals surface area contributed by atoms with Gasteiger partial charge in [-0.15, -0.1) is 0 Å². The monoisotopic (exact) mass is 250 g/mol. The minimum absolute atomic E-state index is 0.0343. The Hall–Kier alpha value is -1.35. The summed E-state index contributed by atoms with van der Waals surface area (Å²) in [7, 11) is 1.64.